The molecule has 0 atom stereocenters. The van der Waals surface area contributed by atoms with Crippen molar-refractivity contribution in [2.24, 2.45) is 5.73 Å². The van der Waals surface area contributed by atoms with Crippen LogP contribution in [0.15, 0.2) is 23.9 Å². The second kappa shape index (κ2) is 7.16. The quantitative estimate of drug-likeness (QED) is 0.869. The first-order chi connectivity index (χ1) is 12.5. The third-order valence-electron chi connectivity index (χ3n) is 5.63. The highest BCUT2D eigenvalue weighted by Crippen LogP contribution is 2.43. The molecule has 26 heavy (non-hydrogen) atoms. The molecule has 140 valence electrons. The van der Waals surface area contributed by atoms with Crippen molar-refractivity contribution in [1.29, 1.82) is 0 Å². The molecule has 1 fully saturated rings. The zero-order chi connectivity index (χ0) is 18.9. The number of aryl methyl sites for hydroxylation is 1. The lowest BCUT2D eigenvalue weighted by atomic mass is 9.78. The Morgan fingerprint density at radius 2 is 1.96 bits per heavy atom. The van der Waals surface area contributed by atoms with E-state index >= 15 is 0 Å². The number of amides is 1. The molecule has 3 N–H and O–H groups in total. The minimum atomic E-state index is -0.457. The van der Waals surface area contributed by atoms with Crippen molar-refractivity contribution in [3.8, 4) is 5.75 Å². The number of carbonyl (C=O) groups is 1. The Balaban J connectivity index is 2.07. The van der Waals surface area contributed by atoms with Crippen LogP contribution in [0.25, 0.3) is 11.6 Å². The Hall–Kier alpha value is -2.27. The van der Waals surface area contributed by atoms with Crippen LogP contribution in [0.3, 0.4) is 0 Å². The van der Waals surface area contributed by atoms with E-state index in [9.17, 15) is 4.79 Å². The fourth-order valence-corrected chi connectivity index (χ4v) is 4.22. The number of benzene rings is 1. The van der Waals surface area contributed by atoms with Crippen LogP contribution in [0.1, 0.15) is 49.3 Å². The summed E-state index contributed by atoms with van der Waals surface area (Å²) in [5.41, 5.74) is 10.1. The van der Waals surface area contributed by atoms with Crippen molar-refractivity contribution >= 4 is 17.6 Å². The Labute approximate surface area is 155 Å². The minimum Gasteiger partial charge on any atom is -0.496 e. The largest absolute Gasteiger partial charge is 0.496 e. The average molecular weight is 356 g/mol. The highest BCUT2D eigenvalue weighted by Gasteiger charge is 2.47. The molecule has 1 spiro atoms. The van der Waals surface area contributed by atoms with E-state index in [1.165, 1.54) is 0 Å². The fourth-order valence-electron chi connectivity index (χ4n) is 4.22. The average Bonchev–Trinajstić information content (AvgIpc) is 2.86. The summed E-state index contributed by atoms with van der Waals surface area (Å²) < 4.78 is 11.1. The van der Waals surface area contributed by atoms with Gasteiger partial charge in [0.25, 0.3) is 5.91 Å². The summed E-state index contributed by atoms with van der Waals surface area (Å²) in [6.07, 6.45) is 7.61. The van der Waals surface area contributed by atoms with Gasteiger partial charge in [-0.25, -0.2) is 0 Å². The molecule has 0 saturated heterocycles. The van der Waals surface area contributed by atoms with E-state index < -0.39 is 5.54 Å². The molecule has 5 heteroatoms. The number of nitrogens with two attached hydrogens (primary N) is 1. The summed E-state index contributed by atoms with van der Waals surface area (Å²) in [6, 6.07) is 4.00. The Morgan fingerprint density at radius 1 is 1.27 bits per heavy atom. The molecule has 2 aliphatic rings. The summed E-state index contributed by atoms with van der Waals surface area (Å²) in [5, 5.41) is 3.17. The molecular formula is C21H28N2O3. The van der Waals surface area contributed by atoms with Crippen LogP contribution in [-0.2, 0) is 9.53 Å². The molecular weight excluding hydrogens is 328 g/mol. The van der Waals surface area contributed by atoms with Gasteiger partial charge in [-0.3, -0.25) is 4.79 Å². The van der Waals surface area contributed by atoms with Gasteiger partial charge in [-0.15, -0.1) is 0 Å². The molecule has 0 unspecified atom stereocenters. The molecule has 1 aliphatic carbocycles. The van der Waals surface area contributed by atoms with E-state index in [1.807, 2.05) is 32.1 Å². The standard InChI is InChI=1S/C21H28N2O3/c1-5-6-14-11-13(2)17(16(12-14)26-4)18-19(22)21(23-20(18)24)9-7-15(25-3)8-10-21/h5-6,11-12,15H,7-10,22H2,1-4H3,(H,23,24)/b6-5+. The van der Waals surface area contributed by atoms with E-state index in [-0.39, 0.29) is 12.0 Å². The van der Waals surface area contributed by atoms with Crippen LogP contribution < -0.4 is 15.8 Å². The van der Waals surface area contributed by atoms with Gasteiger partial charge < -0.3 is 20.5 Å². The summed E-state index contributed by atoms with van der Waals surface area (Å²) in [6.45, 7) is 3.96. The third kappa shape index (κ3) is 3.01. The maximum absolute atomic E-state index is 12.9. The van der Waals surface area contributed by atoms with Crippen molar-refractivity contribution in [3.63, 3.8) is 0 Å². The molecule has 0 bridgehead atoms. The summed E-state index contributed by atoms with van der Waals surface area (Å²) in [4.78, 5) is 12.9. The molecule has 0 aromatic heterocycles. The Morgan fingerprint density at radius 3 is 2.54 bits per heavy atom. The number of hydrogen-bond acceptors (Lipinski definition) is 4. The first-order valence-electron chi connectivity index (χ1n) is 9.13. The number of rotatable bonds is 4. The lowest BCUT2D eigenvalue weighted by Crippen LogP contribution is -2.50. The van der Waals surface area contributed by atoms with Gasteiger partial charge in [0.05, 0.1) is 24.3 Å². The first-order valence-corrected chi connectivity index (χ1v) is 9.13. The highest BCUT2D eigenvalue weighted by atomic mass is 16.5. The van der Waals surface area contributed by atoms with Crippen LogP contribution in [-0.4, -0.2) is 31.8 Å². The Kier molecular flexibility index (Phi) is 5.10. The molecule has 1 heterocycles. The highest BCUT2D eigenvalue weighted by molar-refractivity contribution is 6.24. The van der Waals surface area contributed by atoms with Gasteiger partial charge in [-0.2, -0.15) is 0 Å². The monoisotopic (exact) mass is 356 g/mol. The van der Waals surface area contributed by atoms with E-state index in [0.717, 1.165) is 42.4 Å². The van der Waals surface area contributed by atoms with Crippen molar-refractivity contribution in [1.82, 2.24) is 5.32 Å². The van der Waals surface area contributed by atoms with Crippen molar-refractivity contribution in [2.75, 3.05) is 14.2 Å². The lowest BCUT2D eigenvalue weighted by molar-refractivity contribution is -0.116. The first kappa shape index (κ1) is 18.5. The molecule has 1 saturated carbocycles. The molecule has 5 nitrogen and oxygen atoms in total. The third-order valence-corrected chi connectivity index (χ3v) is 5.63. The van der Waals surface area contributed by atoms with Crippen molar-refractivity contribution in [3.05, 3.63) is 40.6 Å². The summed E-state index contributed by atoms with van der Waals surface area (Å²) >= 11 is 0. The van der Waals surface area contributed by atoms with Gasteiger partial charge in [0.15, 0.2) is 0 Å². The van der Waals surface area contributed by atoms with Crippen molar-refractivity contribution < 1.29 is 14.3 Å². The minimum absolute atomic E-state index is 0.112. The topological polar surface area (TPSA) is 73.6 Å². The number of hydrogen-bond donors (Lipinski definition) is 2. The second-order valence-corrected chi connectivity index (χ2v) is 7.18. The van der Waals surface area contributed by atoms with Crippen LogP contribution in [0, 0.1) is 6.92 Å². The van der Waals surface area contributed by atoms with Crippen molar-refractivity contribution in [2.45, 2.75) is 51.2 Å². The summed E-state index contributed by atoms with van der Waals surface area (Å²) in [7, 11) is 3.36. The second-order valence-electron chi connectivity index (χ2n) is 7.18. The number of carbonyl (C=O) groups excluding carboxylic acids is 1. The summed E-state index contributed by atoms with van der Waals surface area (Å²) in [5.74, 6) is 0.562. The zero-order valence-electron chi connectivity index (χ0n) is 16.0. The normalized spacial score (nSPS) is 26.0. The van der Waals surface area contributed by atoms with Gasteiger partial charge >= 0.3 is 0 Å². The number of ether oxygens (including phenoxy) is 2. The molecule has 1 aromatic carbocycles. The number of nitrogens with one attached hydrogen (secondary N) is 1. The van der Waals surface area contributed by atoms with Gasteiger partial charge in [0.1, 0.15) is 5.75 Å². The predicted octanol–water partition coefficient (Wildman–Crippen LogP) is 3.16. The van der Waals surface area contributed by atoms with E-state index in [1.54, 1.807) is 14.2 Å². The molecule has 0 radical (unpaired) electrons. The van der Waals surface area contributed by atoms with Crippen LogP contribution >= 0.6 is 0 Å². The molecule has 1 aromatic rings. The van der Waals surface area contributed by atoms with Crippen LogP contribution in [0.5, 0.6) is 5.75 Å². The van der Waals surface area contributed by atoms with Gasteiger partial charge in [-0.1, -0.05) is 18.2 Å². The van der Waals surface area contributed by atoms with E-state index in [0.29, 0.717) is 17.0 Å². The Bertz CT molecular complexity index is 772. The smallest absolute Gasteiger partial charge is 0.254 e. The van der Waals surface area contributed by atoms with Crippen LogP contribution in [0.2, 0.25) is 0 Å². The SMILES string of the molecule is C/C=C/c1cc(C)c(C2=C(N)C3(CCC(OC)CC3)NC2=O)c(OC)c1. The maximum Gasteiger partial charge on any atom is 0.254 e. The lowest BCUT2D eigenvalue weighted by Gasteiger charge is -2.37. The zero-order valence-corrected chi connectivity index (χ0v) is 16.0. The maximum atomic E-state index is 12.9. The predicted molar refractivity (Wildman–Crippen MR) is 104 cm³/mol. The molecule has 3 rings (SSSR count). The van der Waals surface area contributed by atoms with Gasteiger partial charge in [0.2, 0.25) is 0 Å². The van der Waals surface area contributed by atoms with Crippen LogP contribution in [0.4, 0.5) is 0 Å². The fraction of sp³-hybridized carbons (Fsp3) is 0.476. The van der Waals surface area contributed by atoms with E-state index in [4.69, 9.17) is 15.2 Å². The number of allylic oxidation sites excluding steroid dienone is 1. The van der Waals surface area contributed by atoms with E-state index in [2.05, 4.69) is 11.4 Å². The number of methoxy groups -OCH3 is 2. The van der Waals surface area contributed by atoms with Gasteiger partial charge in [-0.05, 0) is 56.7 Å². The molecule has 1 aliphatic heterocycles. The molecule has 1 amide bonds. The van der Waals surface area contributed by atoms with Gasteiger partial charge in [0, 0.05) is 18.4 Å².